The van der Waals surface area contributed by atoms with E-state index in [1.54, 1.807) is 12.1 Å². The van der Waals surface area contributed by atoms with Crippen LogP contribution in [0.3, 0.4) is 0 Å². The van der Waals surface area contributed by atoms with Gasteiger partial charge in [-0.05, 0) is 39.3 Å². The SMILES string of the molecule is CC1(C)CCCN1Cc1ccc(C(N)=S)cc1F. The summed E-state index contributed by atoms with van der Waals surface area (Å²) in [7, 11) is 0. The van der Waals surface area contributed by atoms with E-state index in [2.05, 4.69) is 18.7 Å². The second kappa shape index (κ2) is 4.94. The molecule has 2 rings (SSSR count). The summed E-state index contributed by atoms with van der Waals surface area (Å²) < 4.78 is 14.0. The molecule has 0 bridgehead atoms. The maximum absolute atomic E-state index is 14.0. The number of rotatable bonds is 3. The van der Waals surface area contributed by atoms with Gasteiger partial charge in [-0.1, -0.05) is 24.4 Å². The van der Waals surface area contributed by atoms with Gasteiger partial charge < -0.3 is 5.73 Å². The predicted octanol–water partition coefficient (Wildman–Crippen LogP) is 2.83. The van der Waals surface area contributed by atoms with Gasteiger partial charge in [0.05, 0.1) is 0 Å². The number of thiocarbonyl (C=S) groups is 1. The number of nitrogens with two attached hydrogens (primary N) is 1. The molecule has 0 aromatic heterocycles. The second-order valence-electron chi connectivity index (χ2n) is 5.51. The summed E-state index contributed by atoms with van der Waals surface area (Å²) >= 11 is 4.85. The molecule has 0 radical (unpaired) electrons. The van der Waals surface area contributed by atoms with Gasteiger partial charge >= 0.3 is 0 Å². The smallest absolute Gasteiger partial charge is 0.128 e. The Bertz CT molecular complexity index is 471. The minimum absolute atomic E-state index is 0.161. The summed E-state index contributed by atoms with van der Waals surface area (Å²) in [5, 5.41) is 0. The second-order valence-corrected chi connectivity index (χ2v) is 5.95. The molecule has 1 aromatic carbocycles. The lowest BCUT2D eigenvalue weighted by Gasteiger charge is -2.31. The largest absolute Gasteiger partial charge is 0.389 e. The zero-order chi connectivity index (χ0) is 13.3. The van der Waals surface area contributed by atoms with Gasteiger partial charge in [0.1, 0.15) is 10.8 Å². The van der Waals surface area contributed by atoms with Gasteiger partial charge in [0.25, 0.3) is 0 Å². The average Bonchev–Trinajstić information content (AvgIpc) is 2.61. The minimum Gasteiger partial charge on any atom is -0.389 e. The molecule has 1 fully saturated rings. The highest BCUT2D eigenvalue weighted by Gasteiger charge is 2.31. The molecule has 2 N–H and O–H groups in total. The lowest BCUT2D eigenvalue weighted by Crippen LogP contribution is -2.37. The highest BCUT2D eigenvalue weighted by atomic mass is 32.1. The third-order valence-electron chi connectivity index (χ3n) is 3.77. The topological polar surface area (TPSA) is 29.3 Å². The van der Waals surface area contributed by atoms with Crippen molar-refractivity contribution in [3.05, 3.63) is 35.1 Å². The number of halogens is 1. The Morgan fingerprint density at radius 2 is 2.22 bits per heavy atom. The van der Waals surface area contributed by atoms with Crippen molar-refractivity contribution in [1.29, 1.82) is 0 Å². The molecule has 0 spiro atoms. The van der Waals surface area contributed by atoms with Crippen LogP contribution in [0.4, 0.5) is 4.39 Å². The number of hydrogen-bond donors (Lipinski definition) is 1. The molecular weight excluding hydrogens is 247 g/mol. The zero-order valence-corrected chi connectivity index (χ0v) is 11.7. The van der Waals surface area contributed by atoms with Crippen LogP contribution in [0.5, 0.6) is 0 Å². The van der Waals surface area contributed by atoms with Crippen LogP contribution in [0, 0.1) is 5.82 Å². The monoisotopic (exact) mass is 266 g/mol. The normalized spacial score (nSPS) is 19.1. The zero-order valence-electron chi connectivity index (χ0n) is 10.9. The summed E-state index contributed by atoms with van der Waals surface area (Å²) in [6.45, 7) is 6.10. The molecule has 1 heterocycles. The van der Waals surface area contributed by atoms with Crippen LogP contribution in [0.15, 0.2) is 18.2 Å². The first-order valence-corrected chi connectivity index (χ1v) is 6.64. The van der Waals surface area contributed by atoms with Crippen molar-refractivity contribution in [2.75, 3.05) is 6.54 Å². The van der Waals surface area contributed by atoms with Crippen molar-refractivity contribution in [3.63, 3.8) is 0 Å². The highest BCUT2D eigenvalue weighted by molar-refractivity contribution is 7.80. The molecule has 1 aliphatic rings. The van der Waals surface area contributed by atoms with Gasteiger partial charge in [-0.25, -0.2) is 4.39 Å². The van der Waals surface area contributed by atoms with Crippen molar-refractivity contribution in [3.8, 4) is 0 Å². The molecule has 1 saturated heterocycles. The molecule has 18 heavy (non-hydrogen) atoms. The van der Waals surface area contributed by atoms with Crippen LogP contribution in [0.2, 0.25) is 0 Å². The third kappa shape index (κ3) is 2.70. The van der Waals surface area contributed by atoms with E-state index in [1.165, 1.54) is 18.9 Å². The van der Waals surface area contributed by atoms with Crippen LogP contribution >= 0.6 is 12.2 Å². The first-order chi connectivity index (χ1) is 8.40. The molecule has 98 valence electrons. The quantitative estimate of drug-likeness (QED) is 0.853. The van der Waals surface area contributed by atoms with Gasteiger partial charge in [0, 0.05) is 23.2 Å². The Hall–Kier alpha value is -1.00. The third-order valence-corrected chi connectivity index (χ3v) is 4.01. The molecule has 0 unspecified atom stereocenters. The van der Waals surface area contributed by atoms with E-state index in [0.29, 0.717) is 17.7 Å². The van der Waals surface area contributed by atoms with Crippen LogP contribution in [0.1, 0.15) is 37.8 Å². The van der Waals surface area contributed by atoms with Crippen LogP contribution < -0.4 is 5.73 Å². The van der Waals surface area contributed by atoms with Crippen molar-refractivity contribution in [2.45, 2.75) is 38.8 Å². The summed E-state index contributed by atoms with van der Waals surface area (Å²) in [5.41, 5.74) is 6.96. The summed E-state index contributed by atoms with van der Waals surface area (Å²) in [4.78, 5) is 2.56. The van der Waals surface area contributed by atoms with Gasteiger partial charge in [-0.3, -0.25) is 4.90 Å². The van der Waals surface area contributed by atoms with E-state index in [9.17, 15) is 4.39 Å². The minimum atomic E-state index is -0.219. The van der Waals surface area contributed by atoms with Gasteiger partial charge in [0.2, 0.25) is 0 Å². The van der Waals surface area contributed by atoms with Gasteiger partial charge in [0.15, 0.2) is 0 Å². The fraction of sp³-hybridized carbons (Fsp3) is 0.500. The Morgan fingerprint density at radius 3 is 2.72 bits per heavy atom. The molecule has 2 nitrogen and oxygen atoms in total. The van der Waals surface area contributed by atoms with Crippen molar-refractivity contribution in [2.24, 2.45) is 5.73 Å². The molecule has 0 atom stereocenters. The van der Waals surface area contributed by atoms with E-state index < -0.39 is 0 Å². The lowest BCUT2D eigenvalue weighted by atomic mass is 10.0. The highest BCUT2D eigenvalue weighted by Crippen LogP contribution is 2.30. The number of benzene rings is 1. The lowest BCUT2D eigenvalue weighted by molar-refractivity contribution is 0.164. The summed E-state index contributed by atoms with van der Waals surface area (Å²) in [5.74, 6) is -0.219. The van der Waals surface area contributed by atoms with Crippen LogP contribution in [-0.2, 0) is 6.54 Å². The van der Waals surface area contributed by atoms with E-state index in [1.807, 2.05) is 0 Å². The molecule has 1 aliphatic heterocycles. The first kappa shape index (κ1) is 13.4. The van der Waals surface area contributed by atoms with E-state index >= 15 is 0 Å². The molecule has 1 aromatic rings. The van der Waals surface area contributed by atoms with Crippen molar-refractivity contribution in [1.82, 2.24) is 4.90 Å². The Labute approximate surface area is 113 Å². The Morgan fingerprint density at radius 1 is 1.50 bits per heavy atom. The van der Waals surface area contributed by atoms with Gasteiger partial charge in [-0.15, -0.1) is 0 Å². The molecular formula is C14H19FN2S. The molecule has 0 aliphatic carbocycles. The molecule has 0 saturated carbocycles. The first-order valence-electron chi connectivity index (χ1n) is 6.23. The van der Waals surface area contributed by atoms with Crippen molar-refractivity contribution >= 4 is 17.2 Å². The maximum Gasteiger partial charge on any atom is 0.128 e. The fourth-order valence-corrected chi connectivity index (χ4v) is 2.62. The fourth-order valence-electron chi connectivity index (χ4n) is 2.49. The van der Waals surface area contributed by atoms with E-state index in [0.717, 1.165) is 6.54 Å². The van der Waals surface area contributed by atoms with Crippen LogP contribution in [-0.4, -0.2) is 22.0 Å². The molecule has 4 heteroatoms. The predicted molar refractivity (Wildman–Crippen MR) is 76.0 cm³/mol. The van der Waals surface area contributed by atoms with Gasteiger partial charge in [-0.2, -0.15) is 0 Å². The molecule has 0 amide bonds. The standard InChI is InChI=1S/C14H19FN2S/c1-14(2)6-3-7-17(14)9-11-5-4-10(13(16)18)8-12(11)15/h4-5,8H,3,6-7,9H2,1-2H3,(H2,16,18). The Kier molecular flexibility index (Phi) is 3.69. The number of hydrogen-bond acceptors (Lipinski definition) is 2. The number of nitrogens with zero attached hydrogens (tertiary/aromatic N) is 1. The van der Waals surface area contributed by atoms with Crippen LogP contribution in [0.25, 0.3) is 0 Å². The number of likely N-dealkylation sites (tertiary alicyclic amines) is 1. The van der Waals surface area contributed by atoms with E-state index in [4.69, 9.17) is 18.0 Å². The van der Waals surface area contributed by atoms with Crippen molar-refractivity contribution < 1.29 is 4.39 Å². The maximum atomic E-state index is 14.0. The summed E-state index contributed by atoms with van der Waals surface area (Å²) in [6, 6.07) is 5.02. The Balaban J connectivity index is 2.17. The average molecular weight is 266 g/mol. The summed E-state index contributed by atoms with van der Waals surface area (Å²) in [6.07, 6.45) is 2.35. The van der Waals surface area contributed by atoms with E-state index in [-0.39, 0.29) is 16.3 Å².